The molecule has 5 rings (SSSR count). The predicted octanol–water partition coefficient (Wildman–Crippen LogP) is 3.57. The zero-order valence-electron chi connectivity index (χ0n) is 21.1. The van der Waals surface area contributed by atoms with Crippen molar-refractivity contribution in [1.29, 1.82) is 0 Å². The van der Waals surface area contributed by atoms with Gasteiger partial charge in [0.1, 0.15) is 5.69 Å². The van der Waals surface area contributed by atoms with Gasteiger partial charge in [0.2, 0.25) is 5.91 Å². The van der Waals surface area contributed by atoms with Gasteiger partial charge in [-0.2, -0.15) is 5.10 Å². The van der Waals surface area contributed by atoms with Gasteiger partial charge < -0.3 is 9.64 Å². The van der Waals surface area contributed by atoms with Crippen LogP contribution in [0.2, 0.25) is 0 Å². The minimum absolute atomic E-state index is 0.0527. The normalized spacial score (nSPS) is 15.8. The number of benzene rings is 1. The monoisotopic (exact) mass is 519 g/mol. The first-order chi connectivity index (χ1) is 17.9. The third kappa shape index (κ3) is 4.81. The molecule has 0 aliphatic carbocycles. The van der Waals surface area contributed by atoms with Crippen molar-refractivity contribution in [3.05, 3.63) is 69.2 Å². The van der Waals surface area contributed by atoms with E-state index < -0.39 is 0 Å². The number of likely N-dealkylation sites (tertiary alicyclic amines) is 1. The zero-order valence-corrected chi connectivity index (χ0v) is 22.0. The second-order valence-electron chi connectivity index (χ2n) is 9.25. The van der Waals surface area contributed by atoms with Gasteiger partial charge in [-0.1, -0.05) is 18.2 Å². The van der Waals surface area contributed by atoms with Crippen molar-refractivity contribution < 1.29 is 14.3 Å². The second kappa shape index (κ2) is 10.3. The summed E-state index contributed by atoms with van der Waals surface area (Å²) in [6, 6.07) is 11.6. The van der Waals surface area contributed by atoms with E-state index in [1.54, 1.807) is 23.4 Å². The average molecular weight is 520 g/mol. The van der Waals surface area contributed by atoms with Crippen molar-refractivity contribution >= 4 is 28.2 Å². The van der Waals surface area contributed by atoms with Gasteiger partial charge in [-0.05, 0) is 51.8 Å². The highest BCUT2D eigenvalue weighted by molar-refractivity contribution is 7.15. The van der Waals surface area contributed by atoms with E-state index in [1.807, 2.05) is 48.7 Å². The standard InChI is InChI=1S/C27H29N5O4S/c1-4-36-26(35)19-9-8-12-30(15-19)23(33)14-21-16-37-27-28-18(3)24(25(34)31(21)27)22-13-17(2)32(29-22)20-10-6-5-7-11-20/h5-7,10-11,13,16,19H,4,8-9,12,14-15H2,1-3H3. The summed E-state index contributed by atoms with van der Waals surface area (Å²) in [6.45, 7) is 6.78. The topological polar surface area (TPSA) is 98.8 Å². The Morgan fingerprint density at radius 1 is 1.19 bits per heavy atom. The molecule has 1 atom stereocenters. The number of aromatic nitrogens is 4. The highest BCUT2D eigenvalue weighted by Crippen LogP contribution is 2.24. The molecule has 1 aliphatic rings. The number of nitrogens with zero attached hydrogens (tertiary/aromatic N) is 5. The number of para-hydroxylation sites is 1. The van der Waals surface area contributed by atoms with E-state index in [4.69, 9.17) is 9.84 Å². The summed E-state index contributed by atoms with van der Waals surface area (Å²) in [4.78, 5) is 46.1. The van der Waals surface area contributed by atoms with Gasteiger partial charge in [0.05, 0.1) is 35.9 Å². The van der Waals surface area contributed by atoms with Crippen molar-refractivity contribution in [2.45, 2.75) is 40.0 Å². The molecular formula is C27H29N5O4S. The lowest BCUT2D eigenvalue weighted by atomic mass is 9.98. The Balaban J connectivity index is 1.45. The van der Waals surface area contributed by atoms with Gasteiger partial charge in [0, 0.05) is 29.9 Å². The van der Waals surface area contributed by atoms with Gasteiger partial charge in [-0.25, -0.2) is 9.67 Å². The average Bonchev–Trinajstić information content (AvgIpc) is 3.47. The Morgan fingerprint density at radius 3 is 2.73 bits per heavy atom. The molecule has 0 N–H and O–H groups in total. The fourth-order valence-corrected chi connectivity index (χ4v) is 5.80. The number of esters is 1. The molecule has 1 amide bonds. The number of carbonyl (C=O) groups excluding carboxylic acids is 2. The molecule has 1 aromatic carbocycles. The van der Waals surface area contributed by atoms with Crippen LogP contribution in [0.25, 0.3) is 21.9 Å². The number of ether oxygens (including phenoxy) is 1. The number of piperidine rings is 1. The molecule has 37 heavy (non-hydrogen) atoms. The van der Waals surface area contributed by atoms with Gasteiger partial charge in [-0.3, -0.25) is 18.8 Å². The molecule has 4 aromatic rings. The van der Waals surface area contributed by atoms with E-state index in [0.29, 0.717) is 53.7 Å². The Labute approximate surface area is 218 Å². The molecule has 1 fully saturated rings. The first kappa shape index (κ1) is 24.9. The number of thiazole rings is 1. The quantitative estimate of drug-likeness (QED) is 0.361. The van der Waals surface area contributed by atoms with Gasteiger partial charge in [0.25, 0.3) is 5.56 Å². The lowest BCUT2D eigenvalue weighted by Crippen LogP contribution is -2.43. The lowest BCUT2D eigenvalue weighted by molar-refractivity contribution is -0.151. The van der Waals surface area contributed by atoms with E-state index >= 15 is 0 Å². The maximum Gasteiger partial charge on any atom is 0.310 e. The van der Waals surface area contributed by atoms with E-state index in [1.165, 1.54) is 15.7 Å². The van der Waals surface area contributed by atoms with Crippen LogP contribution in [-0.2, 0) is 20.7 Å². The maximum absolute atomic E-state index is 13.8. The number of rotatable bonds is 6. The molecule has 9 nitrogen and oxygen atoms in total. The van der Waals surface area contributed by atoms with Crippen LogP contribution < -0.4 is 5.56 Å². The molecule has 4 heterocycles. The lowest BCUT2D eigenvalue weighted by Gasteiger charge is -2.31. The Morgan fingerprint density at radius 2 is 1.97 bits per heavy atom. The van der Waals surface area contributed by atoms with Crippen molar-refractivity contribution in [2.75, 3.05) is 19.7 Å². The number of fused-ring (bicyclic) bond motifs is 1. The van der Waals surface area contributed by atoms with Crippen LogP contribution in [0, 0.1) is 19.8 Å². The summed E-state index contributed by atoms with van der Waals surface area (Å²) in [6.07, 6.45) is 1.51. The molecule has 1 saturated heterocycles. The van der Waals surface area contributed by atoms with Crippen LogP contribution >= 0.6 is 11.3 Å². The molecule has 0 bridgehead atoms. The Hall–Kier alpha value is -3.79. The molecule has 1 aliphatic heterocycles. The molecule has 1 unspecified atom stereocenters. The molecule has 3 aromatic heterocycles. The van der Waals surface area contributed by atoms with Crippen molar-refractivity contribution in [2.24, 2.45) is 5.92 Å². The van der Waals surface area contributed by atoms with Crippen molar-refractivity contribution in [1.82, 2.24) is 24.1 Å². The minimum atomic E-state index is -0.307. The SMILES string of the molecule is CCOC(=O)C1CCCN(C(=O)Cc2csc3nc(C)c(-c4cc(C)n(-c5ccccc5)n4)c(=O)n23)C1. The van der Waals surface area contributed by atoms with Crippen LogP contribution in [0.3, 0.4) is 0 Å². The summed E-state index contributed by atoms with van der Waals surface area (Å²) in [5, 5.41) is 6.53. The van der Waals surface area contributed by atoms with Crippen LogP contribution in [0.15, 0.2) is 46.6 Å². The van der Waals surface area contributed by atoms with Crippen molar-refractivity contribution in [3.63, 3.8) is 0 Å². The largest absolute Gasteiger partial charge is 0.466 e. The third-order valence-corrected chi connectivity index (χ3v) is 7.57. The molecule has 192 valence electrons. The van der Waals surface area contributed by atoms with E-state index in [-0.39, 0.29) is 29.8 Å². The molecule has 0 spiro atoms. The van der Waals surface area contributed by atoms with Crippen LogP contribution in [0.1, 0.15) is 36.8 Å². The number of hydrogen-bond acceptors (Lipinski definition) is 7. The maximum atomic E-state index is 13.8. The first-order valence-corrected chi connectivity index (χ1v) is 13.3. The predicted molar refractivity (Wildman–Crippen MR) is 141 cm³/mol. The smallest absolute Gasteiger partial charge is 0.310 e. The number of carbonyl (C=O) groups is 2. The highest BCUT2D eigenvalue weighted by atomic mass is 32.1. The van der Waals surface area contributed by atoms with Gasteiger partial charge >= 0.3 is 5.97 Å². The second-order valence-corrected chi connectivity index (χ2v) is 10.1. The summed E-state index contributed by atoms with van der Waals surface area (Å²) in [5.74, 6) is -0.683. The summed E-state index contributed by atoms with van der Waals surface area (Å²) >= 11 is 1.33. The van der Waals surface area contributed by atoms with E-state index in [0.717, 1.165) is 17.8 Å². The van der Waals surface area contributed by atoms with Crippen molar-refractivity contribution in [3.8, 4) is 16.9 Å². The summed E-state index contributed by atoms with van der Waals surface area (Å²) in [7, 11) is 0. The van der Waals surface area contributed by atoms with E-state index in [2.05, 4.69) is 4.98 Å². The number of aryl methyl sites for hydroxylation is 2. The van der Waals surface area contributed by atoms with Gasteiger partial charge in [-0.15, -0.1) is 11.3 Å². The third-order valence-electron chi connectivity index (χ3n) is 6.69. The van der Waals surface area contributed by atoms with Crippen LogP contribution in [0.5, 0.6) is 0 Å². The molecular weight excluding hydrogens is 490 g/mol. The molecule has 10 heteroatoms. The van der Waals surface area contributed by atoms with E-state index in [9.17, 15) is 14.4 Å². The first-order valence-electron chi connectivity index (χ1n) is 12.4. The van der Waals surface area contributed by atoms with Gasteiger partial charge in [0.15, 0.2) is 4.96 Å². The fourth-order valence-electron chi connectivity index (χ4n) is 4.87. The Kier molecular flexibility index (Phi) is 6.92. The summed E-state index contributed by atoms with van der Waals surface area (Å²) in [5.41, 5.74) is 3.70. The fraction of sp³-hybridized carbons (Fsp3) is 0.370. The Bertz CT molecular complexity index is 1520. The zero-order chi connectivity index (χ0) is 26.1. The molecule has 0 radical (unpaired) electrons. The molecule has 0 saturated carbocycles. The minimum Gasteiger partial charge on any atom is -0.466 e. The van der Waals surface area contributed by atoms with Crippen LogP contribution in [-0.4, -0.2) is 55.6 Å². The number of hydrogen-bond donors (Lipinski definition) is 0. The number of amides is 1. The highest BCUT2D eigenvalue weighted by Gasteiger charge is 2.30. The summed E-state index contributed by atoms with van der Waals surface area (Å²) < 4.78 is 8.48. The van der Waals surface area contributed by atoms with Crippen LogP contribution in [0.4, 0.5) is 0 Å².